The molecule has 3 heterocycles. The Morgan fingerprint density at radius 3 is 2.65 bits per heavy atom. The van der Waals surface area contributed by atoms with E-state index in [0.717, 1.165) is 44.5 Å². The second kappa shape index (κ2) is 6.70. The summed E-state index contributed by atoms with van der Waals surface area (Å²) in [4.78, 5) is 31.3. The molecule has 0 atom stereocenters. The molecule has 2 aromatic rings. The first-order chi connectivity index (χ1) is 12.5. The standard InChI is InChI=1S/C19H24N4O3/c1-12(2)23-18-15(10-20-23)14(9-16(21-18)13-5-6-13)19(25)26-11-17(24)22-7-3-4-8-22/h9-10,12-13H,3-8,11H2,1-2H3. The van der Waals surface area contributed by atoms with Crippen LogP contribution in [0.3, 0.4) is 0 Å². The Hall–Kier alpha value is -2.44. The smallest absolute Gasteiger partial charge is 0.339 e. The quantitative estimate of drug-likeness (QED) is 0.770. The molecule has 1 aliphatic carbocycles. The van der Waals surface area contributed by atoms with Crippen molar-refractivity contribution >= 4 is 22.9 Å². The van der Waals surface area contributed by atoms with E-state index in [-0.39, 0.29) is 18.6 Å². The summed E-state index contributed by atoms with van der Waals surface area (Å²) in [6.45, 7) is 5.36. The topological polar surface area (TPSA) is 77.3 Å². The third-order valence-corrected chi connectivity index (χ3v) is 5.08. The van der Waals surface area contributed by atoms with Crippen LogP contribution in [-0.2, 0) is 9.53 Å². The first kappa shape index (κ1) is 17.0. The number of hydrogen-bond donors (Lipinski definition) is 0. The van der Waals surface area contributed by atoms with Crippen LogP contribution in [0.2, 0.25) is 0 Å². The van der Waals surface area contributed by atoms with E-state index in [1.807, 2.05) is 24.6 Å². The van der Waals surface area contributed by atoms with Crippen LogP contribution in [0.5, 0.6) is 0 Å². The van der Waals surface area contributed by atoms with E-state index in [1.165, 1.54) is 0 Å². The van der Waals surface area contributed by atoms with E-state index >= 15 is 0 Å². The molecular weight excluding hydrogens is 332 g/mol. The minimum absolute atomic E-state index is 0.124. The zero-order valence-corrected chi connectivity index (χ0v) is 15.3. The number of esters is 1. The van der Waals surface area contributed by atoms with Crippen LogP contribution in [0.25, 0.3) is 11.0 Å². The zero-order chi connectivity index (χ0) is 18.3. The van der Waals surface area contributed by atoms with Crippen molar-refractivity contribution in [3.63, 3.8) is 0 Å². The number of carbonyl (C=O) groups is 2. The number of amides is 1. The van der Waals surface area contributed by atoms with Gasteiger partial charge in [0.25, 0.3) is 5.91 Å². The molecule has 0 N–H and O–H groups in total. The summed E-state index contributed by atoms with van der Waals surface area (Å²) in [6.07, 6.45) is 5.89. The Bertz CT molecular complexity index is 848. The van der Waals surface area contributed by atoms with Gasteiger partial charge in [0.1, 0.15) is 0 Å². The lowest BCUT2D eigenvalue weighted by Gasteiger charge is -2.15. The summed E-state index contributed by atoms with van der Waals surface area (Å²) in [7, 11) is 0. The van der Waals surface area contributed by atoms with Crippen molar-refractivity contribution in [3.05, 3.63) is 23.5 Å². The molecule has 2 aliphatic rings. The summed E-state index contributed by atoms with van der Waals surface area (Å²) in [6, 6.07) is 1.96. The van der Waals surface area contributed by atoms with Crippen LogP contribution in [-0.4, -0.2) is 51.2 Å². The Morgan fingerprint density at radius 1 is 1.27 bits per heavy atom. The van der Waals surface area contributed by atoms with Crippen molar-refractivity contribution in [2.45, 2.75) is 51.5 Å². The van der Waals surface area contributed by atoms with E-state index < -0.39 is 5.97 Å². The van der Waals surface area contributed by atoms with Gasteiger partial charge in [-0.15, -0.1) is 0 Å². The number of nitrogens with zero attached hydrogens (tertiary/aromatic N) is 4. The highest BCUT2D eigenvalue weighted by Gasteiger charge is 2.29. The first-order valence-corrected chi connectivity index (χ1v) is 9.37. The predicted molar refractivity (Wildman–Crippen MR) is 96.0 cm³/mol. The average molecular weight is 356 g/mol. The molecule has 0 radical (unpaired) electrons. The number of pyridine rings is 1. The zero-order valence-electron chi connectivity index (χ0n) is 15.3. The largest absolute Gasteiger partial charge is 0.452 e. The summed E-state index contributed by atoms with van der Waals surface area (Å²) >= 11 is 0. The van der Waals surface area contributed by atoms with E-state index in [1.54, 1.807) is 11.1 Å². The Balaban J connectivity index is 1.59. The van der Waals surface area contributed by atoms with E-state index in [2.05, 4.69) is 5.10 Å². The Kier molecular flexibility index (Phi) is 4.38. The maximum atomic E-state index is 12.7. The van der Waals surface area contributed by atoms with Crippen LogP contribution in [0.4, 0.5) is 0 Å². The molecule has 1 saturated heterocycles. The van der Waals surface area contributed by atoms with Crippen molar-refractivity contribution in [1.82, 2.24) is 19.7 Å². The van der Waals surface area contributed by atoms with Crippen molar-refractivity contribution < 1.29 is 14.3 Å². The van der Waals surface area contributed by atoms with Crippen molar-refractivity contribution in [2.75, 3.05) is 19.7 Å². The normalized spacial score (nSPS) is 17.3. The molecule has 1 amide bonds. The number of carbonyl (C=O) groups excluding carboxylic acids is 2. The molecule has 138 valence electrons. The lowest BCUT2D eigenvalue weighted by Crippen LogP contribution is -2.32. The number of ether oxygens (including phenoxy) is 1. The Labute approximate surface area is 152 Å². The van der Waals surface area contributed by atoms with Gasteiger partial charge in [0.2, 0.25) is 0 Å². The minimum atomic E-state index is -0.477. The summed E-state index contributed by atoms with van der Waals surface area (Å²) < 4.78 is 7.17. The van der Waals surface area contributed by atoms with Gasteiger partial charge < -0.3 is 9.64 Å². The monoisotopic (exact) mass is 356 g/mol. The van der Waals surface area contributed by atoms with Crippen LogP contribution in [0, 0.1) is 0 Å². The summed E-state index contributed by atoms with van der Waals surface area (Å²) in [5.74, 6) is -0.190. The van der Waals surface area contributed by atoms with Gasteiger partial charge in [0.05, 0.1) is 17.1 Å². The number of aromatic nitrogens is 3. The van der Waals surface area contributed by atoms with Gasteiger partial charge in [-0.3, -0.25) is 4.79 Å². The van der Waals surface area contributed by atoms with Crippen molar-refractivity contribution in [1.29, 1.82) is 0 Å². The summed E-state index contributed by atoms with van der Waals surface area (Å²) in [5, 5.41) is 5.07. The molecule has 1 aliphatic heterocycles. The fraction of sp³-hybridized carbons (Fsp3) is 0.579. The molecule has 26 heavy (non-hydrogen) atoms. The third-order valence-electron chi connectivity index (χ3n) is 5.08. The van der Waals surface area contributed by atoms with Gasteiger partial charge >= 0.3 is 5.97 Å². The van der Waals surface area contributed by atoms with Crippen LogP contribution < -0.4 is 0 Å². The summed E-state index contributed by atoms with van der Waals surface area (Å²) in [5.41, 5.74) is 2.08. The van der Waals surface area contributed by atoms with Crippen molar-refractivity contribution in [2.24, 2.45) is 0 Å². The molecule has 0 aromatic carbocycles. The van der Waals surface area contributed by atoms with Crippen molar-refractivity contribution in [3.8, 4) is 0 Å². The SMILES string of the molecule is CC(C)n1ncc2c(C(=O)OCC(=O)N3CCCC3)cc(C3CC3)nc21. The lowest BCUT2D eigenvalue weighted by molar-refractivity contribution is -0.133. The molecule has 7 nitrogen and oxygen atoms in total. The van der Waals surface area contributed by atoms with E-state index in [4.69, 9.17) is 9.72 Å². The molecule has 0 unspecified atom stereocenters. The highest BCUT2D eigenvalue weighted by atomic mass is 16.5. The number of fused-ring (bicyclic) bond motifs is 1. The second-order valence-corrected chi connectivity index (χ2v) is 7.45. The lowest BCUT2D eigenvalue weighted by atomic mass is 10.1. The fourth-order valence-electron chi connectivity index (χ4n) is 3.44. The van der Waals surface area contributed by atoms with Gasteiger partial charge in [0.15, 0.2) is 12.3 Å². The number of hydrogen-bond acceptors (Lipinski definition) is 5. The molecule has 4 rings (SSSR count). The minimum Gasteiger partial charge on any atom is -0.452 e. The highest BCUT2D eigenvalue weighted by molar-refractivity contribution is 6.03. The Morgan fingerprint density at radius 2 is 2.00 bits per heavy atom. The second-order valence-electron chi connectivity index (χ2n) is 7.45. The van der Waals surface area contributed by atoms with Crippen LogP contribution >= 0.6 is 0 Å². The van der Waals surface area contributed by atoms with Crippen LogP contribution in [0.15, 0.2) is 12.3 Å². The van der Waals surface area contributed by atoms with Gasteiger partial charge in [-0.05, 0) is 45.6 Å². The van der Waals surface area contributed by atoms with E-state index in [0.29, 0.717) is 22.5 Å². The first-order valence-electron chi connectivity index (χ1n) is 9.37. The van der Waals surface area contributed by atoms with E-state index in [9.17, 15) is 9.59 Å². The number of rotatable bonds is 5. The maximum absolute atomic E-state index is 12.7. The molecule has 7 heteroatoms. The van der Waals surface area contributed by atoms with Gasteiger partial charge in [-0.25, -0.2) is 14.5 Å². The maximum Gasteiger partial charge on any atom is 0.339 e. The molecule has 2 fully saturated rings. The van der Waals surface area contributed by atoms with Gasteiger partial charge in [-0.1, -0.05) is 0 Å². The molecule has 2 aromatic heterocycles. The van der Waals surface area contributed by atoms with Gasteiger partial charge in [-0.2, -0.15) is 5.10 Å². The molecule has 1 saturated carbocycles. The molecule has 0 bridgehead atoms. The molecular formula is C19H24N4O3. The molecule has 0 spiro atoms. The van der Waals surface area contributed by atoms with Crippen LogP contribution in [0.1, 0.15) is 67.5 Å². The fourth-order valence-corrected chi connectivity index (χ4v) is 3.44. The predicted octanol–water partition coefficient (Wildman–Crippen LogP) is 2.67. The third kappa shape index (κ3) is 3.18. The highest BCUT2D eigenvalue weighted by Crippen LogP contribution is 2.40. The number of likely N-dealkylation sites (tertiary alicyclic amines) is 1. The van der Waals surface area contributed by atoms with Gasteiger partial charge in [0, 0.05) is 30.7 Å². The average Bonchev–Trinajstić information content (AvgIpc) is 3.16.